The Morgan fingerprint density at radius 1 is 0.919 bits per heavy atom. The van der Waals surface area contributed by atoms with Gasteiger partial charge in [-0.05, 0) is 42.2 Å². The molecule has 3 aromatic rings. The lowest BCUT2D eigenvalue weighted by molar-refractivity contribution is -0.141. The molecule has 0 radical (unpaired) electrons. The molecule has 3 aromatic carbocycles. The minimum atomic E-state index is -0.817. The van der Waals surface area contributed by atoms with Gasteiger partial charge in [-0.2, -0.15) is 0 Å². The summed E-state index contributed by atoms with van der Waals surface area (Å²) in [6.07, 6.45) is 5.43. The van der Waals surface area contributed by atoms with Crippen molar-refractivity contribution in [3.05, 3.63) is 105 Å². The Kier molecular flexibility index (Phi) is 9.59. The first-order valence-electron chi connectivity index (χ1n) is 12.7. The van der Waals surface area contributed by atoms with E-state index in [0.717, 1.165) is 31.2 Å². The highest BCUT2D eigenvalue weighted by atomic mass is 35.5. The lowest BCUT2D eigenvalue weighted by atomic mass is 9.94. The highest BCUT2D eigenvalue weighted by Gasteiger charge is 2.32. The highest BCUT2D eigenvalue weighted by molar-refractivity contribution is 6.35. The van der Waals surface area contributed by atoms with Gasteiger partial charge in [-0.1, -0.05) is 97.1 Å². The molecule has 2 amide bonds. The van der Waals surface area contributed by atoms with E-state index < -0.39 is 11.9 Å². The number of carbonyl (C=O) groups excluding carboxylic acids is 2. The van der Waals surface area contributed by atoms with Crippen molar-refractivity contribution in [1.29, 1.82) is 0 Å². The van der Waals surface area contributed by atoms with E-state index >= 15 is 0 Å². The number of halogens is 3. The van der Waals surface area contributed by atoms with Crippen molar-refractivity contribution >= 4 is 35.0 Å². The molecule has 0 unspecified atom stereocenters. The molecule has 0 spiro atoms. The van der Waals surface area contributed by atoms with Gasteiger partial charge >= 0.3 is 0 Å². The normalized spacial score (nSPS) is 14.7. The molecule has 4 rings (SSSR count). The maximum atomic E-state index is 14.7. The van der Waals surface area contributed by atoms with Gasteiger partial charge in [-0.25, -0.2) is 4.39 Å². The fourth-order valence-corrected chi connectivity index (χ4v) is 5.31. The summed E-state index contributed by atoms with van der Waals surface area (Å²) in [4.78, 5) is 29.1. The van der Waals surface area contributed by atoms with Crippen molar-refractivity contribution in [1.82, 2.24) is 10.2 Å². The van der Waals surface area contributed by atoms with E-state index in [1.54, 1.807) is 36.4 Å². The topological polar surface area (TPSA) is 49.4 Å². The minimum Gasteiger partial charge on any atom is -0.352 e. The van der Waals surface area contributed by atoms with Crippen LogP contribution in [-0.2, 0) is 29.0 Å². The van der Waals surface area contributed by atoms with Gasteiger partial charge in [0.25, 0.3) is 0 Å². The van der Waals surface area contributed by atoms with E-state index in [1.807, 2.05) is 30.3 Å². The van der Waals surface area contributed by atoms with Crippen LogP contribution in [0.1, 0.15) is 48.8 Å². The molecule has 1 saturated carbocycles. The van der Waals surface area contributed by atoms with Crippen molar-refractivity contribution in [2.75, 3.05) is 0 Å². The molecular weight excluding hydrogens is 510 g/mol. The second kappa shape index (κ2) is 13.1. The average molecular weight is 541 g/mol. The zero-order valence-corrected chi connectivity index (χ0v) is 22.1. The van der Waals surface area contributed by atoms with Crippen molar-refractivity contribution in [3.63, 3.8) is 0 Å². The third kappa shape index (κ3) is 7.56. The van der Waals surface area contributed by atoms with E-state index in [9.17, 15) is 14.0 Å². The molecule has 0 saturated heterocycles. The van der Waals surface area contributed by atoms with Gasteiger partial charge in [-0.3, -0.25) is 9.59 Å². The molecule has 1 atom stereocenters. The summed E-state index contributed by atoms with van der Waals surface area (Å²) in [6.45, 7) is -0.0354. The van der Waals surface area contributed by atoms with E-state index in [2.05, 4.69) is 5.32 Å². The van der Waals surface area contributed by atoms with Crippen LogP contribution in [0.25, 0.3) is 0 Å². The Bertz CT molecular complexity index is 1220. The van der Waals surface area contributed by atoms with Crippen LogP contribution in [0.3, 0.4) is 0 Å². The quantitative estimate of drug-likeness (QED) is 0.325. The molecule has 1 aliphatic carbocycles. The van der Waals surface area contributed by atoms with Gasteiger partial charge in [0.1, 0.15) is 11.9 Å². The molecule has 0 bridgehead atoms. The lowest BCUT2D eigenvalue weighted by Crippen LogP contribution is -2.53. The first-order valence-corrected chi connectivity index (χ1v) is 13.5. The predicted octanol–water partition coefficient (Wildman–Crippen LogP) is 6.76. The molecule has 4 nitrogen and oxygen atoms in total. The number of carbonyl (C=O) groups is 2. The van der Waals surface area contributed by atoms with E-state index in [0.29, 0.717) is 27.6 Å². The predicted molar refractivity (Wildman–Crippen MR) is 146 cm³/mol. The molecule has 7 heteroatoms. The summed E-state index contributed by atoms with van der Waals surface area (Å²) < 4.78 is 14.7. The smallest absolute Gasteiger partial charge is 0.243 e. The fourth-order valence-electron chi connectivity index (χ4n) is 4.84. The number of hydrogen-bond donors (Lipinski definition) is 1. The Labute approximate surface area is 227 Å². The molecule has 1 fully saturated rings. The number of nitrogens with zero attached hydrogens (tertiary/aromatic N) is 1. The van der Waals surface area contributed by atoms with Gasteiger partial charge in [0.2, 0.25) is 11.8 Å². The first kappa shape index (κ1) is 27.2. The molecule has 194 valence electrons. The van der Waals surface area contributed by atoms with Gasteiger partial charge < -0.3 is 10.2 Å². The van der Waals surface area contributed by atoms with Crippen molar-refractivity contribution in [2.45, 2.75) is 63.6 Å². The Morgan fingerprint density at radius 3 is 2.32 bits per heavy atom. The number of rotatable bonds is 9. The monoisotopic (exact) mass is 540 g/mol. The number of nitrogens with one attached hydrogen (secondary N) is 1. The third-order valence-corrected chi connectivity index (χ3v) is 7.46. The zero-order chi connectivity index (χ0) is 26.2. The summed E-state index contributed by atoms with van der Waals surface area (Å²) in [5.41, 5.74) is 1.87. The standard InChI is InChI=1S/C30H31Cl2FN2O2/c31-24-16-15-22(26(32)19-24)18-29(36)35(20-23-11-7-8-14-27(23)33)28(17-21-9-3-1-4-10-21)30(37)34-25-12-5-2-6-13-25/h1,3-4,7-11,14-16,19,25,28H,2,5-6,12-13,17-18,20H2,(H,34,37)/t28-/m1/s1. The molecule has 0 heterocycles. The molecule has 0 aromatic heterocycles. The van der Waals surface area contributed by atoms with Crippen LogP contribution >= 0.6 is 23.2 Å². The Morgan fingerprint density at radius 2 is 1.62 bits per heavy atom. The van der Waals surface area contributed by atoms with Crippen LogP contribution in [0, 0.1) is 5.82 Å². The van der Waals surface area contributed by atoms with E-state index in [1.165, 1.54) is 17.4 Å². The third-order valence-electron chi connectivity index (χ3n) is 6.88. The van der Waals surface area contributed by atoms with Crippen LogP contribution in [0.5, 0.6) is 0 Å². The molecule has 1 aliphatic rings. The molecule has 1 N–H and O–H groups in total. The molecular formula is C30H31Cl2FN2O2. The lowest BCUT2D eigenvalue weighted by Gasteiger charge is -2.33. The van der Waals surface area contributed by atoms with E-state index in [4.69, 9.17) is 23.2 Å². The second-order valence-corrected chi connectivity index (χ2v) is 10.4. The van der Waals surface area contributed by atoms with Crippen LogP contribution in [0.15, 0.2) is 72.8 Å². The highest BCUT2D eigenvalue weighted by Crippen LogP contribution is 2.24. The summed E-state index contributed by atoms with van der Waals surface area (Å²) in [5, 5.41) is 4.03. The average Bonchev–Trinajstić information content (AvgIpc) is 2.90. The maximum absolute atomic E-state index is 14.7. The fraction of sp³-hybridized carbons (Fsp3) is 0.333. The zero-order valence-electron chi connectivity index (χ0n) is 20.6. The summed E-state index contributed by atoms with van der Waals surface area (Å²) in [5.74, 6) is -0.953. The second-order valence-electron chi connectivity index (χ2n) is 9.57. The van der Waals surface area contributed by atoms with Crippen LogP contribution in [0.2, 0.25) is 10.0 Å². The summed E-state index contributed by atoms with van der Waals surface area (Å²) >= 11 is 12.4. The SMILES string of the molecule is O=C(NC1CCCCC1)[C@@H](Cc1ccccc1)N(Cc1ccccc1F)C(=O)Cc1ccc(Cl)cc1Cl. The Hall–Kier alpha value is -2.89. The van der Waals surface area contributed by atoms with E-state index in [-0.39, 0.29) is 30.8 Å². The summed E-state index contributed by atoms with van der Waals surface area (Å²) in [6, 6.07) is 20.2. The number of amides is 2. The Balaban J connectivity index is 1.68. The minimum absolute atomic E-state index is 0.0353. The van der Waals surface area contributed by atoms with Crippen LogP contribution in [0.4, 0.5) is 4.39 Å². The van der Waals surface area contributed by atoms with Gasteiger partial charge in [0, 0.05) is 34.6 Å². The van der Waals surface area contributed by atoms with Crippen LogP contribution in [-0.4, -0.2) is 28.8 Å². The molecule has 0 aliphatic heterocycles. The van der Waals surface area contributed by atoms with Crippen molar-refractivity contribution in [3.8, 4) is 0 Å². The van der Waals surface area contributed by atoms with Gasteiger partial charge in [0.15, 0.2) is 0 Å². The number of benzene rings is 3. The summed E-state index contributed by atoms with van der Waals surface area (Å²) in [7, 11) is 0. The number of hydrogen-bond acceptors (Lipinski definition) is 2. The molecule has 37 heavy (non-hydrogen) atoms. The van der Waals surface area contributed by atoms with Crippen molar-refractivity contribution in [2.24, 2.45) is 0 Å². The van der Waals surface area contributed by atoms with Gasteiger partial charge in [0.05, 0.1) is 6.42 Å². The first-order chi connectivity index (χ1) is 17.9. The van der Waals surface area contributed by atoms with Crippen LogP contribution < -0.4 is 5.32 Å². The van der Waals surface area contributed by atoms with Gasteiger partial charge in [-0.15, -0.1) is 0 Å². The maximum Gasteiger partial charge on any atom is 0.243 e. The van der Waals surface area contributed by atoms with Crippen molar-refractivity contribution < 1.29 is 14.0 Å². The largest absolute Gasteiger partial charge is 0.352 e.